The van der Waals surface area contributed by atoms with Gasteiger partial charge in [-0.15, -0.1) is 0 Å². The molecule has 1 aromatic heterocycles. The maximum atomic E-state index is 12.9. The number of rotatable bonds is 4. The largest absolute Gasteiger partial charge is 0.394 e. The molecule has 1 aliphatic carbocycles. The summed E-state index contributed by atoms with van der Waals surface area (Å²) in [5, 5.41) is 14.0. The molecule has 0 radical (unpaired) electrons. The van der Waals surface area contributed by atoms with Gasteiger partial charge in [0.1, 0.15) is 0 Å². The molecule has 0 fully saturated rings. The summed E-state index contributed by atoms with van der Waals surface area (Å²) in [6.45, 7) is 3.84. The zero-order valence-electron chi connectivity index (χ0n) is 14.6. The summed E-state index contributed by atoms with van der Waals surface area (Å²) in [5.41, 5.74) is 4.96. The van der Waals surface area contributed by atoms with Gasteiger partial charge in [0.15, 0.2) is 5.69 Å². The van der Waals surface area contributed by atoms with Crippen LogP contribution in [0.25, 0.3) is 5.69 Å². The maximum absolute atomic E-state index is 12.9. The van der Waals surface area contributed by atoms with Gasteiger partial charge in [0.2, 0.25) is 0 Å². The van der Waals surface area contributed by atoms with E-state index in [0.717, 1.165) is 42.6 Å². The Morgan fingerprint density at radius 3 is 2.62 bits per heavy atom. The van der Waals surface area contributed by atoms with Gasteiger partial charge >= 0.3 is 0 Å². The second-order valence-corrected chi connectivity index (χ2v) is 6.68. The molecule has 5 nitrogen and oxygen atoms in total. The van der Waals surface area contributed by atoms with Crippen LogP contribution in [0.15, 0.2) is 24.3 Å². The van der Waals surface area contributed by atoms with Crippen LogP contribution in [0.1, 0.15) is 47.1 Å². The van der Waals surface area contributed by atoms with Crippen LogP contribution in [0.2, 0.25) is 0 Å². The van der Waals surface area contributed by atoms with E-state index in [1.165, 1.54) is 5.56 Å². The second-order valence-electron chi connectivity index (χ2n) is 6.68. The molecule has 0 spiro atoms. The van der Waals surface area contributed by atoms with E-state index in [-0.39, 0.29) is 18.6 Å². The predicted molar refractivity (Wildman–Crippen MR) is 93.6 cm³/mol. The van der Waals surface area contributed by atoms with Crippen LogP contribution in [0.3, 0.4) is 0 Å². The Bertz CT molecular complexity index is 734. The summed E-state index contributed by atoms with van der Waals surface area (Å²) in [4.78, 5) is 14.4. The van der Waals surface area contributed by atoms with Gasteiger partial charge in [-0.25, -0.2) is 4.68 Å². The molecule has 24 heavy (non-hydrogen) atoms. The Balaban J connectivity index is 2.05. The van der Waals surface area contributed by atoms with Crippen molar-refractivity contribution >= 4 is 5.91 Å². The third-order valence-corrected chi connectivity index (χ3v) is 4.91. The Morgan fingerprint density at radius 2 is 1.96 bits per heavy atom. The van der Waals surface area contributed by atoms with Crippen molar-refractivity contribution < 1.29 is 9.90 Å². The van der Waals surface area contributed by atoms with Crippen molar-refractivity contribution in [1.82, 2.24) is 14.7 Å². The molecule has 0 saturated heterocycles. The van der Waals surface area contributed by atoms with E-state index in [2.05, 4.69) is 24.2 Å². The molecule has 1 atom stereocenters. The number of carbonyl (C=O) groups excluding carboxylic acids is 1. The average Bonchev–Trinajstić information content (AvgIpc) is 3.00. The van der Waals surface area contributed by atoms with E-state index < -0.39 is 0 Å². The fourth-order valence-corrected chi connectivity index (χ4v) is 3.16. The zero-order valence-corrected chi connectivity index (χ0v) is 14.6. The molecular formula is C19H25N3O2. The minimum Gasteiger partial charge on any atom is -0.394 e. The Hall–Kier alpha value is -2.14. The fraction of sp³-hybridized carbons (Fsp3) is 0.474. The summed E-state index contributed by atoms with van der Waals surface area (Å²) in [5.74, 6) is -0.111. The van der Waals surface area contributed by atoms with Crippen molar-refractivity contribution in [3.63, 3.8) is 0 Å². The zero-order chi connectivity index (χ0) is 17.3. The Morgan fingerprint density at radius 1 is 1.29 bits per heavy atom. The molecule has 1 unspecified atom stereocenters. The Kier molecular flexibility index (Phi) is 4.71. The molecule has 1 heterocycles. The number of likely N-dealkylation sites (N-methyl/N-ethyl adjacent to an activating group) is 1. The fourth-order valence-electron chi connectivity index (χ4n) is 3.16. The molecule has 0 aliphatic heterocycles. The number of benzene rings is 1. The SMILES string of the molecule is Cc1ccc(-n2nc(C(=O)N(C)C(C)CO)c3c2CCCC3)cc1. The smallest absolute Gasteiger partial charge is 0.274 e. The molecule has 0 saturated carbocycles. The number of aromatic nitrogens is 2. The summed E-state index contributed by atoms with van der Waals surface area (Å²) < 4.78 is 1.93. The lowest BCUT2D eigenvalue weighted by Gasteiger charge is -2.23. The lowest BCUT2D eigenvalue weighted by molar-refractivity contribution is 0.0674. The molecule has 2 aromatic rings. The highest BCUT2D eigenvalue weighted by Crippen LogP contribution is 2.28. The highest BCUT2D eigenvalue weighted by molar-refractivity contribution is 5.94. The van der Waals surface area contributed by atoms with Gasteiger partial charge in [-0.05, 0) is 51.7 Å². The maximum Gasteiger partial charge on any atom is 0.274 e. The van der Waals surface area contributed by atoms with Gasteiger partial charge in [0.25, 0.3) is 5.91 Å². The van der Waals surface area contributed by atoms with Crippen LogP contribution in [0, 0.1) is 6.92 Å². The number of carbonyl (C=O) groups is 1. The highest BCUT2D eigenvalue weighted by Gasteiger charge is 2.28. The lowest BCUT2D eigenvalue weighted by Crippen LogP contribution is -2.38. The van der Waals surface area contributed by atoms with E-state index in [0.29, 0.717) is 5.69 Å². The molecular weight excluding hydrogens is 302 g/mol. The van der Waals surface area contributed by atoms with Crippen LogP contribution < -0.4 is 0 Å². The van der Waals surface area contributed by atoms with E-state index in [1.54, 1.807) is 11.9 Å². The summed E-state index contributed by atoms with van der Waals surface area (Å²) in [7, 11) is 1.73. The molecule has 0 bridgehead atoms. The van der Waals surface area contributed by atoms with Crippen LogP contribution in [-0.2, 0) is 12.8 Å². The lowest BCUT2D eigenvalue weighted by atomic mass is 9.95. The standard InChI is InChI=1S/C19H25N3O2/c1-13-8-10-15(11-9-13)22-17-7-5-4-6-16(17)18(20-22)19(24)21(3)14(2)12-23/h8-11,14,23H,4-7,12H2,1-3H3. The van der Waals surface area contributed by atoms with Gasteiger partial charge in [-0.1, -0.05) is 17.7 Å². The number of fused-ring (bicyclic) bond motifs is 1. The molecule has 1 N–H and O–H groups in total. The van der Waals surface area contributed by atoms with Crippen LogP contribution in [0.5, 0.6) is 0 Å². The van der Waals surface area contributed by atoms with Gasteiger partial charge in [-0.3, -0.25) is 4.79 Å². The van der Waals surface area contributed by atoms with Crippen LogP contribution >= 0.6 is 0 Å². The highest BCUT2D eigenvalue weighted by atomic mass is 16.3. The van der Waals surface area contributed by atoms with Gasteiger partial charge in [-0.2, -0.15) is 5.10 Å². The number of hydrogen-bond donors (Lipinski definition) is 1. The van der Waals surface area contributed by atoms with Crippen molar-refractivity contribution in [2.45, 2.75) is 45.6 Å². The number of aliphatic hydroxyl groups excluding tert-OH is 1. The van der Waals surface area contributed by atoms with Crippen molar-refractivity contribution in [2.75, 3.05) is 13.7 Å². The summed E-state index contributed by atoms with van der Waals surface area (Å²) >= 11 is 0. The quantitative estimate of drug-likeness (QED) is 0.939. The first-order valence-corrected chi connectivity index (χ1v) is 8.58. The van der Waals surface area contributed by atoms with Crippen LogP contribution in [0.4, 0.5) is 0 Å². The molecule has 128 valence electrons. The van der Waals surface area contributed by atoms with E-state index in [1.807, 2.05) is 23.7 Å². The van der Waals surface area contributed by atoms with Crippen LogP contribution in [-0.4, -0.2) is 45.4 Å². The number of nitrogens with zero attached hydrogens (tertiary/aromatic N) is 3. The van der Waals surface area contributed by atoms with Crippen molar-refractivity contribution in [2.24, 2.45) is 0 Å². The normalized spacial score (nSPS) is 15.0. The summed E-state index contributed by atoms with van der Waals surface area (Å²) in [6, 6.07) is 8.00. The van der Waals surface area contributed by atoms with E-state index >= 15 is 0 Å². The minimum absolute atomic E-state index is 0.0525. The number of hydrogen-bond acceptors (Lipinski definition) is 3. The molecule has 1 amide bonds. The van der Waals surface area contributed by atoms with Gasteiger partial charge in [0.05, 0.1) is 18.3 Å². The third kappa shape index (κ3) is 2.96. The van der Waals surface area contributed by atoms with Crippen molar-refractivity contribution in [1.29, 1.82) is 0 Å². The van der Waals surface area contributed by atoms with Gasteiger partial charge < -0.3 is 10.0 Å². The topological polar surface area (TPSA) is 58.4 Å². The van der Waals surface area contributed by atoms with E-state index in [4.69, 9.17) is 0 Å². The van der Waals surface area contributed by atoms with Gasteiger partial charge in [0, 0.05) is 18.3 Å². The van der Waals surface area contributed by atoms with E-state index in [9.17, 15) is 9.90 Å². The summed E-state index contributed by atoms with van der Waals surface area (Å²) in [6.07, 6.45) is 4.06. The molecule has 5 heteroatoms. The molecule has 1 aliphatic rings. The monoisotopic (exact) mass is 327 g/mol. The first-order valence-electron chi connectivity index (χ1n) is 8.58. The third-order valence-electron chi connectivity index (χ3n) is 4.91. The Labute approximate surface area is 142 Å². The number of aliphatic hydroxyl groups is 1. The van der Waals surface area contributed by atoms with Crippen molar-refractivity contribution in [3.05, 3.63) is 46.8 Å². The van der Waals surface area contributed by atoms with Crippen molar-refractivity contribution in [3.8, 4) is 5.69 Å². The number of amides is 1. The molecule has 1 aromatic carbocycles. The number of aryl methyl sites for hydroxylation is 1. The second kappa shape index (κ2) is 6.77. The first kappa shape index (κ1) is 16.7. The minimum atomic E-state index is -0.221. The predicted octanol–water partition coefficient (Wildman–Crippen LogP) is 2.51. The first-order chi connectivity index (χ1) is 11.5. The molecule has 3 rings (SSSR count). The average molecular weight is 327 g/mol.